The van der Waals surface area contributed by atoms with Crippen molar-refractivity contribution < 1.29 is 14.2 Å². The van der Waals surface area contributed by atoms with Gasteiger partial charge in [0.1, 0.15) is 11.9 Å². The minimum atomic E-state index is 0.0621. The number of rotatable bonds is 9. The quantitative estimate of drug-likeness (QED) is 0.607. The Morgan fingerprint density at radius 1 is 0.955 bits per heavy atom. The van der Waals surface area contributed by atoms with Crippen LogP contribution in [0.15, 0.2) is 24.3 Å². The maximum Gasteiger partial charge on any atom is 0.119 e. The molecular weight excluding hydrogens is 276 g/mol. The van der Waals surface area contributed by atoms with Crippen LogP contribution in [0.5, 0.6) is 5.75 Å². The summed E-state index contributed by atoms with van der Waals surface area (Å²) in [6.45, 7) is 6.58. The minimum Gasteiger partial charge on any atom is -0.494 e. The summed E-state index contributed by atoms with van der Waals surface area (Å²) >= 11 is 0. The normalized spacial score (nSPS) is 21.7. The molecule has 1 aromatic rings. The van der Waals surface area contributed by atoms with Crippen molar-refractivity contribution in [2.75, 3.05) is 19.8 Å². The summed E-state index contributed by atoms with van der Waals surface area (Å²) in [6, 6.07) is 8.26. The van der Waals surface area contributed by atoms with Crippen molar-refractivity contribution in [3.8, 4) is 5.75 Å². The van der Waals surface area contributed by atoms with Crippen molar-refractivity contribution in [3.05, 3.63) is 29.8 Å². The van der Waals surface area contributed by atoms with Crippen molar-refractivity contribution >= 4 is 0 Å². The lowest BCUT2D eigenvalue weighted by Gasteiger charge is -2.29. The van der Waals surface area contributed by atoms with Gasteiger partial charge in [-0.2, -0.15) is 0 Å². The Bertz CT molecular complexity index is 394. The first-order valence-electron chi connectivity index (χ1n) is 8.79. The topological polar surface area (TPSA) is 27.7 Å². The predicted molar refractivity (Wildman–Crippen MR) is 89.4 cm³/mol. The second-order valence-corrected chi connectivity index (χ2v) is 6.04. The summed E-state index contributed by atoms with van der Waals surface area (Å²) in [7, 11) is 0. The van der Waals surface area contributed by atoms with Gasteiger partial charge in [0, 0.05) is 0 Å². The molecule has 2 atom stereocenters. The Labute approximate surface area is 135 Å². The summed E-state index contributed by atoms with van der Waals surface area (Å²) in [6.07, 6.45) is 7.44. The number of benzene rings is 1. The van der Waals surface area contributed by atoms with Crippen LogP contribution in [0.2, 0.25) is 0 Å². The van der Waals surface area contributed by atoms with E-state index in [2.05, 4.69) is 26.0 Å². The third-order valence-electron chi connectivity index (χ3n) is 4.11. The van der Waals surface area contributed by atoms with Crippen LogP contribution in [0.25, 0.3) is 0 Å². The highest BCUT2D eigenvalue weighted by Crippen LogP contribution is 2.26. The van der Waals surface area contributed by atoms with Crippen LogP contribution in [-0.4, -0.2) is 25.9 Å². The van der Waals surface area contributed by atoms with Crippen LogP contribution in [-0.2, 0) is 9.47 Å². The second-order valence-electron chi connectivity index (χ2n) is 6.04. The lowest BCUT2D eigenvalue weighted by molar-refractivity contribution is -0.137. The largest absolute Gasteiger partial charge is 0.494 e. The van der Waals surface area contributed by atoms with Gasteiger partial charge in [0.25, 0.3) is 0 Å². The Kier molecular flexibility index (Phi) is 7.75. The van der Waals surface area contributed by atoms with Crippen LogP contribution in [0.4, 0.5) is 0 Å². The average Bonchev–Trinajstić information content (AvgIpc) is 2.58. The Morgan fingerprint density at radius 3 is 2.36 bits per heavy atom. The van der Waals surface area contributed by atoms with E-state index < -0.39 is 0 Å². The van der Waals surface area contributed by atoms with Gasteiger partial charge in [-0.1, -0.05) is 51.7 Å². The van der Waals surface area contributed by atoms with Gasteiger partial charge in [-0.3, -0.25) is 0 Å². The Morgan fingerprint density at radius 2 is 1.73 bits per heavy atom. The smallest absolute Gasteiger partial charge is 0.119 e. The molecule has 1 aromatic carbocycles. The number of unbranched alkanes of at least 4 members (excludes halogenated alkanes) is 3. The van der Waals surface area contributed by atoms with Crippen molar-refractivity contribution in [1.29, 1.82) is 0 Å². The van der Waals surface area contributed by atoms with Crippen LogP contribution >= 0.6 is 0 Å². The average molecular weight is 306 g/mol. The van der Waals surface area contributed by atoms with Gasteiger partial charge in [0.05, 0.1) is 25.9 Å². The van der Waals surface area contributed by atoms with E-state index in [1.807, 2.05) is 12.1 Å². The molecule has 0 bridgehead atoms. The Balaban J connectivity index is 1.74. The third-order valence-corrected chi connectivity index (χ3v) is 4.11. The second kappa shape index (κ2) is 9.86. The molecule has 0 amide bonds. The van der Waals surface area contributed by atoms with Gasteiger partial charge >= 0.3 is 0 Å². The van der Waals surface area contributed by atoms with Crippen molar-refractivity contribution in [1.82, 2.24) is 0 Å². The predicted octanol–water partition coefficient (Wildman–Crippen LogP) is 4.90. The van der Waals surface area contributed by atoms with E-state index in [4.69, 9.17) is 14.2 Å². The molecule has 1 fully saturated rings. The summed E-state index contributed by atoms with van der Waals surface area (Å²) in [5.41, 5.74) is 1.18. The van der Waals surface area contributed by atoms with Crippen LogP contribution in [0.1, 0.15) is 64.0 Å². The molecule has 22 heavy (non-hydrogen) atoms. The van der Waals surface area contributed by atoms with Gasteiger partial charge in [-0.05, 0) is 30.5 Å². The molecule has 3 heteroatoms. The van der Waals surface area contributed by atoms with Gasteiger partial charge in [-0.25, -0.2) is 0 Å². The van der Waals surface area contributed by atoms with E-state index in [-0.39, 0.29) is 12.2 Å². The Hall–Kier alpha value is -1.06. The zero-order chi connectivity index (χ0) is 15.6. The molecule has 1 aliphatic heterocycles. The third kappa shape index (κ3) is 5.62. The van der Waals surface area contributed by atoms with Crippen molar-refractivity contribution in [2.45, 2.75) is 64.6 Å². The van der Waals surface area contributed by atoms with E-state index in [0.29, 0.717) is 13.2 Å². The molecule has 2 rings (SSSR count). The van der Waals surface area contributed by atoms with Gasteiger partial charge in [-0.15, -0.1) is 0 Å². The fourth-order valence-corrected chi connectivity index (χ4v) is 2.65. The zero-order valence-electron chi connectivity index (χ0n) is 14.1. The van der Waals surface area contributed by atoms with E-state index in [1.165, 1.54) is 31.2 Å². The highest BCUT2D eigenvalue weighted by molar-refractivity contribution is 5.28. The maximum atomic E-state index is 5.96. The highest BCUT2D eigenvalue weighted by atomic mass is 16.6. The monoisotopic (exact) mass is 306 g/mol. The van der Waals surface area contributed by atoms with Gasteiger partial charge in [0.2, 0.25) is 0 Å². The summed E-state index contributed by atoms with van der Waals surface area (Å²) in [5.74, 6) is 0.942. The molecule has 0 aromatic heterocycles. The first-order valence-corrected chi connectivity index (χ1v) is 8.79. The van der Waals surface area contributed by atoms with E-state index in [1.54, 1.807) is 0 Å². The lowest BCUT2D eigenvalue weighted by atomic mass is 10.1. The molecule has 0 N–H and O–H groups in total. The fourth-order valence-electron chi connectivity index (χ4n) is 2.65. The number of hydrogen-bond donors (Lipinski definition) is 0. The number of hydrogen-bond acceptors (Lipinski definition) is 3. The molecule has 1 heterocycles. The summed E-state index contributed by atoms with van der Waals surface area (Å²) in [4.78, 5) is 0. The molecule has 0 aliphatic carbocycles. The van der Waals surface area contributed by atoms with Gasteiger partial charge < -0.3 is 14.2 Å². The van der Waals surface area contributed by atoms with E-state index in [0.717, 1.165) is 25.2 Å². The summed E-state index contributed by atoms with van der Waals surface area (Å²) in [5, 5.41) is 0. The molecule has 1 aliphatic rings. The standard InChI is InChI=1S/C19H30O3/c1-3-5-7-13-20-17-11-9-16(10-12-17)19-15-21-18(14-22-19)8-6-4-2/h9-12,18-19H,3-8,13-15H2,1-2H3. The van der Waals surface area contributed by atoms with E-state index in [9.17, 15) is 0 Å². The highest BCUT2D eigenvalue weighted by Gasteiger charge is 2.23. The SMILES string of the molecule is CCCCCOc1ccc(C2COC(CCCC)CO2)cc1. The van der Waals surface area contributed by atoms with Gasteiger partial charge in [0.15, 0.2) is 0 Å². The summed E-state index contributed by atoms with van der Waals surface area (Å²) < 4.78 is 17.6. The molecule has 0 radical (unpaired) electrons. The fraction of sp³-hybridized carbons (Fsp3) is 0.684. The molecular formula is C19H30O3. The molecule has 3 nitrogen and oxygen atoms in total. The first kappa shape index (κ1) is 17.3. The molecule has 2 unspecified atom stereocenters. The molecule has 0 saturated carbocycles. The minimum absolute atomic E-state index is 0.0621. The molecule has 1 saturated heterocycles. The molecule has 124 valence electrons. The van der Waals surface area contributed by atoms with Crippen LogP contribution in [0, 0.1) is 0 Å². The van der Waals surface area contributed by atoms with E-state index >= 15 is 0 Å². The van der Waals surface area contributed by atoms with Crippen molar-refractivity contribution in [2.24, 2.45) is 0 Å². The number of ether oxygens (including phenoxy) is 3. The lowest BCUT2D eigenvalue weighted by Crippen LogP contribution is -2.31. The van der Waals surface area contributed by atoms with Crippen LogP contribution < -0.4 is 4.74 Å². The van der Waals surface area contributed by atoms with Crippen LogP contribution in [0.3, 0.4) is 0 Å². The first-order chi connectivity index (χ1) is 10.8. The maximum absolute atomic E-state index is 5.96. The van der Waals surface area contributed by atoms with Crippen molar-refractivity contribution in [3.63, 3.8) is 0 Å². The molecule has 0 spiro atoms. The zero-order valence-corrected chi connectivity index (χ0v) is 14.1.